The molecular formula is C18H22N4O. The van der Waals surface area contributed by atoms with Gasteiger partial charge in [-0.3, -0.25) is 0 Å². The normalized spacial score (nSPS) is 18.0. The molecule has 0 unspecified atom stereocenters. The molecule has 5 heteroatoms. The van der Waals surface area contributed by atoms with E-state index in [1.165, 1.54) is 24.0 Å². The Balaban J connectivity index is 1.38. The Morgan fingerprint density at radius 1 is 1.09 bits per heavy atom. The summed E-state index contributed by atoms with van der Waals surface area (Å²) < 4.78 is 5.39. The van der Waals surface area contributed by atoms with Crippen LogP contribution < -0.4 is 10.2 Å². The van der Waals surface area contributed by atoms with E-state index in [-0.39, 0.29) is 0 Å². The van der Waals surface area contributed by atoms with Crippen LogP contribution in [-0.4, -0.2) is 36.3 Å². The van der Waals surface area contributed by atoms with Crippen LogP contribution in [0.3, 0.4) is 0 Å². The largest absolute Gasteiger partial charge is 0.378 e. The molecule has 1 saturated carbocycles. The van der Waals surface area contributed by atoms with Gasteiger partial charge in [-0.05, 0) is 29.9 Å². The first-order valence-corrected chi connectivity index (χ1v) is 8.36. The summed E-state index contributed by atoms with van der Waals surface area (Å²) in [5, 5.41) is 3.40. The first-order valence-electron chi connectivity index (χ1n) is 8.36. The molecule has 23 heavy (non-hydrogen) atoms. The fraction of sp³-hybridized carbons (Fsp3) is 0.444. The summed E-state index contributed by atoms with van der Waals surface area (Å²) in [5.74, 6) is 2.65. The molecule has 0 spiro atoms. The van der Waals surface area contributed by atoms with Gasteiger partial charge in [0.25, 0.3) is 0 Å². The average molecular weight is 310 g/mol. The second kappa shape index (κ2) is 6.54. The average Bonchev–Trinajstić information content (AvgIpc) is 3.47. The number of benzene rings is 1. The smallest absolute Gasteiger partial charge is 0.134 e. The van der Waals surface area contributed by atoms with E-state index in [9.17, 15) is 0 Å². The molecule has 0 amide bonds. The van der Waals surface area contributed by atoms with E-state index in [1.807, 2.05) is 6.07 Å². The lowest BCUT2D eigenvalue weighted by molar-refractivity contribution is 0.122. The first-order chi connectivity index (χ1) is 11.4. The number of aromatic nitrogens is 2. The van der Waals surface area contributed by atoms with Crippen molar-refractivity contribution in [2.45, 2.75) is 25.3 Å². The third-order valence-electron chi connectivity index (χ3n) is 4.49. The number of hydrogen-bond acceptors (Lipinski definition) is 5. The van der Waals surface area contributed by atoms with Crippen molar-refractivity contribution in [2.24, 2.45) is 0 Å². The third kappa shape index (κ3) is 3.62. The molecule has 1 N–H and O–H groups in total. The number of morpholine rings is 1. The van der Waals surface area contributed by atoms with Gasteiger partial charge < -0.3 is 15.0 Å². The predicted octanol–water partition coefficient (Wildman–Crippen LogP) is 2.80. The first kappa shape index (κ1) is 14.5. The molecule has 1 aliphatic heterocycles. The maximum atomic E-state index is 5.39. The number of nitrogens with zero attached hydrogens (tertiary/aromatic N) is 3. The SMILES string of the molecule is c1nc(NCc2ccc(C3CC3)cc2)cc(N2CCOCC2)n1. The summed E-state index contributed by atoms with van der Waals surface area (Å²) in [6.07, 6.45) is 4.33. The summed E-state index contributed by atoms with van der Waals surface area (Å²) >= 11 is 0. The summed E-state index contributed by atoms with van der Waals surface area (Å²) in [6.45, 7) is 4.09. The van der Waals surface area contributed by atoms with Crippen LogP contribution in [0, 0.1) is 0 Å². The molecule has 1 aromatic heterocycles. The minimum Gasteiger partial charge on any atom is -0.378 e. The molecule has 2 aliphatic rings. The Morgan fingerprint density at radius 2 is 1.87 bits per heavy atom. The molecule has 0 bridgehead atoms. The lowest BCUT2D eigenvalue weighted by atomic mass is 10.1. The van der Waals surface area contributed by atoms with Gasteiger partial charge in [-0.15, -0.1) is 0 Å². The van der Waals surface area contributed by atoms with Gasteiger partial charge in [-0.2, -0.15) is 0 Å². The standard InChI is InChI=1S/C18H22N4O/c1-3-15(16-5-6-16)4-2-14(1)12-19-17-11-18(21-13-20-17)22-7-9-23-10-8-22/h1-4,11,13,16H,5-10,12H2,(H,19,20,21). The Morgan fingerprint density at radius 3 is 2.61 bits per heavy atom. The Hall–Kier alpha value is -2.14. The van der Waals surface area contributed by atoms with Crippen LogP contribution in [0.15, 0.2) is 36.7 Å². The van der Waals surface area contributed by atoms with Crippen LogP contribution >= 0.6 is 0 Å². The molecule has 0 radical (unpaired) electrons. The van der Waals surface area contributed by atoms with Crippen molar-refractivity contribution >= 4 is 11.6 Å². The number of hydrogen-bond donors (Lipinski definition) is 1. The third-order valence-corrected chi connectivity index (χ3v) is 4.49. The highest BCUT2D eigenvalue weighted by atomic mass is 16.5. The van der Waals surface area contributed by atoms with Gasteiger partial charge >= 0.3 is 0 Å². The van der Waals surface area contributed by atoms with Crippen LogP contribution in [0.25, 0.3) is 0 Å². The molecule has 1 aromatic carbocycles. The molecule has 2 heterocycles. The molecule has 2 fully saturated rings. The van der Waals surface area contributed by atoms with Crippen molar-refractivity contribution < 1.29 is 4.74 Å². The van der Waals surface area contributed by atoms with Crippen molar-refractivity contribution in [3.05, 3.63) is 47.8 Å². The van der Waals surface area contributed by atoms with Gasteiger partial charge in [-0.1, -0.05) is 24.3 Å². The molecule has 120 valence electrons. The van der Waals surface area contributed by atoms with Crippen molar-refractivity contribution in [2.75, 3.05) is 36.5 Å². The minimum atomic E-state index is 0.764. The maximum absolute atomic E-state index is 5.39. The molecule has 4 rings (SSSR count). The van der Waals surface area contributed by atoms with Crippen LogP contribution in [0.4, 0.5) is 11.6 Å². The molecule has 1 saturated heterocycles. The molecule has 5 nitrogen and oxygen atoms in total. The molecule has 0 atom stereocenters. The monoisotopic (exact) mass is 310 g/mol. The van der Waals surface area contributed by atoms with Gasteiger partial charge in [0.1, 0.15) is 18.0 Å². The predicted molar refractivity (Wildman–Crippen MR) is 90.8 cm³/mol. The molecule has 2 aromatic rings. The summed E-state index contributed by atoms with van der Waals surface area (Å²) in [5.41, 5.74) is 2.76. The quantitative estimate of drug-likeness (QED) is 0.920. The highest BCUT2D eigenvalue weighted by Gasteiger charge is 2.22. The van der Waals surface area contributed by atoms with Gasteiger partial charge in [0.2, 0.25) is 0 Å². The van der Waals surface area contributed by atoms with Gasteiger partial charge in [-0.25, -0.2) is 9.97 Å². The van der Waals surface area contributed by atoms with E-state index in [1.54, 1.807) is 6.33 Å². The fourth-order valence-corrected chi connectivity index (χ4v) is 2.93. The molecular weight excluding hydrogens is 288 g/mol. The van der Waals surface area contributed by atoms with E-state index >= 15 is 0 Å². The second-order valence-corrected chi connectivity index (χ2v) is 6.23. The van der Waals surface area contributed by atoms with E-state index in [0.29, 0.717) is 0 Å². The van der Waals surface area contributed by atoms with Crippen LogP contribution in [-0.2, 0) is 11.3 Å². The Labute approximate surface area is 136 Å². The summed E-state index contributed by atoms with van der Waals surface area (Å²) in [4.78, 5) is 10.9. The highest BCUT2D eigenvalue weighted by molar-refractivity contribution is 5.49. The van der Waals surface area contributed by atoms with Crippen LogP contribution in [0.2, 0.25) is 0 Å². The van der Waals surface area contributed by atoms with Gasteiger partial charge in [0, 0.05) is 25.7 Å². The lowest BCUT2D eigenvalue weighted by Gasteiger charge is -2.27. The fourth-order valence-electron chi connectivity index (χ4n) is 2.93. The van der Waals surface area contributed by atoms with Gasteiger partial charge in [0.05, 0.1) is 13.2 Å². The van der Waals surface area contributed by atoms with E-state index < -0.39 is 0 Å². The van der Waals surface area contributed by atoms with Gasteiger partial charge in [0.15, 0.2) is 0 Å². The summed E-state index contributed by atoms with van der Waals surface area (Å²) in [6, 6.07) is 11.0. The summed E-state index contributed by atoms with van der Waals surface area (Å²) in [7, 11) is 0. The Bertz CT molecular complexity index is 648. The van der Waals surface area contributed by atoms with E-state index in [4.69, 9.17) is 4.74 Å². The highest BCUT2D eigenvalue weighted by Crippen LogP contribution is 2.39. The van der Waals surface area contributed by atoms with Crippen molar-refractivity contribution in [1.82, 2.24) is 9.97 Å². The van der Waals surface area contributed by atoms with Crippen LogP contribution in [0.5, 0.6) is 0 Å². The zero-order valence-corrected chi connectivity index (χ0v) is 13.2. The number of ether oxygens (including phenoxy) is 1. The zero-order chi connectivity index (χ0) is 15.5. The number of anilines is 2. The number of rotatable bonds is 5. The number of nitrogens with one attached hydrogen (secondary N) is 1. The topological polar surface area (TPSA) is 50.3 Å². The van der Waals surface area contributed by atoms with Crippen molar-refractivity contribution in [3.63, 3.8) is 0 Å². The zero-order valence-electron chi connectivity index (χ0n) is 13.2. The maximum Gasteiger partial charge on any atom is 0.134 e. The second-order valence-electron chi connectivity index (χ2n) is 6.23. The lowest BCUT2D eigenvalue weighted by Crippen LogP contribution is -2.36. The van der Waals surface area contributed by atoms with Crippen molar-refractivity contribution in [3.8, 4) is 0 Å². The van der Waals surface area contributed by atoms with Crippen LogP contribution in [0.1, 0.15) is 29.9 Å². The minimum absolute atomic E-state index is 0.764. The molecule has 1 aliphatic carbocycles. The van der Waals surface area contributed by atoms with E-state index in [2.05, 4.69) is 44.5 Å². The van der Waals surface area contributed by atoms with E-state index in [0.717, 1.165) is 50.4 Å². The Kier molecular flexibility index (Phi) is 4.11. The van der Waals surface area contributed by atoms with Crippen molar-refractivity contribution in [1.29, 1.82) is 0 Å².